The lowest BCUT2D eigenvalue weighted by molar-refractivity contribution is -0.150. The van der Waals surface area contributed by atoms with Crippen LogP contribution >= 0.6 is 0 Å². The molecule has 2 aromatic carbocycles. The first-order valence-electron chi connectivity index (χ1n) is 7.28. The fourth-order valence-electron chi connectivity index (χ4n) is 1.92. The van der Waals surface area contributed by atoms with Gasteiger partial charge in [0.25, 0.3) is 0 Å². The van der Waals surface area contributed by atoms with Gasteiger partial charge in [-0.15, -0.1) is 0 Å². The van der Waals surface area contributed by atoms with Crippen LogP contribution in [0.5, 0.6) is 0 Å². The molecule has 2 rings (SSSR count). The van der Waals surface area contributed by atoms with Gasteiger partial charge >= 0.3 is 5.97 Å². The smallest absolute Gasteiger partial charge is 0.325 e. The molecule has 0 radical (unpaired) electrons. The molecule has 2 N–H and O–H groups in total. The highest BCUT2D eigenvalue weighted by atomic mass is 16.5. The third-order valence-electron chi connectivity index (χ3n) is 3.36. The lowest BCUT2D eigenvalue weighted by atomic mass is 10.2. The Balaban J connectivity index is 1.77. The van der Waals surface area contributed by atoms with Gasteiger partial charge in [-0.1, -0.05) is 60.7 Å². The highest BCUT2D eigenvalue weighted by Gasteiger charge is 2.23. The fourth-order valence-corrected chi connectivity index (χ4v) is 1.92. The van der Waals surface area contributed by atoms with E-state index in [2.05, 4.69) is 0 Å². The Morgan fingerprint density at radius 2 is 1.45 bits per heavy atom. The maximum absolute atomic E-state index is 11.9. The number of ether oxygens (including phenoxy) is 2. The van der Waals surface area contributed by atoms with E-state index in [0.717, 1.165) is 11.1 Å². The second-order valence-electron chi connectivity index (χ2n) is 5.12. The number of rotatable bonds is 7. The normalized spacial score (nSPS) is 13.4. The lowest BCUT2D eigenvalue weighted by Gasteiger charge is -2.19. The molecule has 0 saturated carbocycles. The van der Waals surface area contributed by atoms with Crippen LogP contribution in [0.25, 0.3) is 0 Å². The van der Waals surface area contributed by atoms with E-state index in [4.69, 9.17) is 15.2 Å². The van der Waals surface area contributed by atoms with E-state index in [9.17, 15) is 4.79 Å². The van der Waals surface area contributed by atoms with Crippen molar-refractivity contribution in [2.75, 3.05) is 0 Å². The molecule has 0 aliphatic carbocycles. The first kappa shape index (κ1) is 16.2. The molecule has 0 aliphatic rings. The average molecular weight is 299 g/mol. The third-order valence-corrected chi connectivity index (χ3v) is 3.36. The largest absolute Gasteiger partial charge is 0.460 e. The highest BCUT2D eigenvalue weighted by Crippen LogP contribution is 2.07. The molecule has 0 aromatic heterocycles. The van der Waals surface area contributed by atoms with Crippen LogP contribution in [0.15, 0.2) is 60.7 Å². The van der Waals surface area contributed by atoms with Gasteiger partial charge in [-0.25, -0.2) is 0 Å². The van der Waals surface area contributed by atoms with Crippen molar-refractivity contribution in [3.05, 3.63) is 71.8 Å². The molecule has 0 saturated heterocycles. The summed E-state index contributed by atoms with van der Waals surface area (Å²) in [6.45, 7) is 2.41. The SMILES string of the molecule is C[C@H](OCc1ccccc1)[C@H](N)C(=O)OCc1ccccc1. The molecule has 0 fully saturated rings. The zero-order chi connectivity index (χ0) is 15.8. The van der Waals surface area contributed by atoms with Gasteiger partial charge in [0.1, 0.15) is 12.6 Å². The number of nitrogens with two attached hydrogens (primary N) is 1. The van der Waals surface area contributed by atoms with E-state index in [-0.39, 0.29) is 6.61 Å². The molecule has 0 unspecified atom stereocenters. The Hall–Kier alpha value is -2.17. The fraction of sp³-hybridized carbons (Fsp3) is 0.278. The lowest BCUT2D eigenvalue weighted by Crippen LogP contribution is -2.42. The maximum atomic E-state index is 11.9. The summed E-state index contributed by atoms with van der Waals surface area (Å²) in [6.07, 6.45) is -0.413. The maximum Gasteiger partial charge on any atom is 0.325 e. The van der Waals surface area contributed by atoms with Crippen molar-refractivity contribution in [1.82, 2.24) is 0 Å². The van der Waals surface area contributed by atoms with Crippen LogP contribution in [0.2, 0.25) is 0 Å². The summed E-state index contributed by atoms with van der Waals surface area (Å²) >= 11 is 0. The summed E-state index contributed by atoms with van der Waals surface area (Å²) in [6, 6.07) is 18.5. The second kappa shape index (κ2) is 8.32. The monoisotopic (exact) mass is 299 g/mol. The summed E-state index contributed by atoms with van der Waals surface area (Å²) in [7, 11) is 0. The molecule has 0 amide bonds. The Bertz CT molecular complexity index is 571. The van der Waals surface area contributed by atoms with Crippen molar-refractivity contribution in [3.8, 4) is 0 Å². The van der Waals surface area contributed by atoms with Crippen LogP contribution in [-0.4, -0.2) is 18.1 Å². The zero-order valence-corrected chi connectivity index (χ0v) is 12.6. The predicted octanol–water partition coefficient (Wildman–Crippen LogP) is 2.66. The van der Waals surface area contributed by atoms with Crippen molar-refractivity contribution in [2.45, 2.75) is 32.3 Å². The molecule has 116 valence electrons. The summed E-state index contributed by atoms with van der Waals surface area (Å²) < 4.78 is 10.9. The highest BCUT2D eigenvalue weighted by molar-refractivity contribution is 5.76. The minimum absolute atomic E-state index is 0.221. The predicted molar refractivity (Wildman–Crippen MR) is 84.9 cm³/mol. The van der Waals surface area contributed by atoms with Crippen molar-refractivity contribution in [2.24, 2.45) is 5.73 Å². The Labute approximate surface area is 130 Å². The average Bonchev–Trinajstić information content (AvgIpc) is 2.58. The number of hydrogen-bond donors (Lipinski definition) is 1. The zero-order valence-electron chi connectivity index (χ0n) is 12.6. The summed E-state index contributed by atoms with van der Waals surface area (Å²) in [5.41, 5.74) is 7.86. The standard InChI is InChI=1S/C18H21NO3/c1-14(21-12-15-8-4-2-5-9-15)17(19)18(20)22-13-16-10-6-3-7-11-16/h2-11,14,17H,12-13,19H2,1H3/t14-,17-/m0/s1. The molecular formula is C18H21NO3. The summed E-state index contributed by atoms with van der Waals surface area (Å²) in [4.78, 5) is 11.9. The van der Waals surface area contributed by atoms with Crippen LogP contribution in [0.4, 0.5) is 0 Å². The van der Waals surface area contributed by atoms with Crippen LogP contribution in [0, 0.1) is 0 Å². The molecule has 2 atom stereocenters. The minimum Gasteiger partial charge on any atom is -0.460 e. The van der Waals surface area contributed by atoms with Gasteiger partial charge in [0, 0.05) is 0 Å². The molecule has 0 bridgehead atoms. The van der Waals surface area contributed by atoms with Gasteiger partial charge in [0.2, 0.25) is 0 Å². The van der Waals surface area contributed by atoms with Gasteiger partial charge in [-0.05, 0) is 18.1 Å². The molecule has 0 spiro atoms. The van der Waals surface area contributed by atoms with E-state index in [0.29, 0.717) is 6.61 Å². The van der Waals surface area contributed by atoms with Crippen molar-refractivity contribution >= 4 is 5.97 Å². The molecule has 4 heteroatoms. The van der Waals surface area contributed by atoms with Crippen LogP contribution in [-0.2, 0) is 27.5 Å². The number of esters is 1. The molecule has 4 nitrogen and oxygen atoms in total. The number of hydrogen-bond acceptors (Lipinski definition) is 4. The second-order valence-corrected chi connectivity index (χ2v) is 5.12. The van der Waals surface area contributed by atoms with Crippen molar-refractivity contribution < 1.29 is 14.3 Å². The summed E-state index contributed by atoms with van der Waals surface area (Å²) in [5, 5.41) is 0. The van der Waals surface area contributed by atoms with Gasteiger partial charge in [0.15, 0.2) is 0 Å². The number of carbonyl (C=O) groups is 1. The quantitative estimate of drug-likeness (QED) is 0.798. The molecule has 22 heavy (non-hydrogen) atoms. The molecule has 0 heterocycles. The molecule has 0 aliphatic heterocycles. The first-order valence-corrected chi connectivity index (χ1v) is 7.28. The number of carbonyl (C=O) groups excluding carboxylic acids is 1. The van der Waals surface area contributed by atoms with Gasteiger partial charge < -0.3 is 15.2 Å². The summed E-state index contributed by atoms with van der Waals surface area (Å²) in [5.74, 6) is -0.454. The third kappa shape index (κ3) is 4.98. The van der Waals surface area contributed by atoms with E-state index in [1.807, 2.05) is 60.7 Å². The molecule has 2 aromatic rings. The van der Waals surface area contributed by atoms with Gasteiger partial charge in [0.05, 0.1) is 12.7 Å². The topological polar surface area (TPSA) is 61.5 Å². The Morgan fingerprint density at radius 1 is 0.955 bits per heavy atom. The number of benzene rings is 2. The van der Waals surface area contributed by atoms with E-state index in [1.165, 1.54) is 0 Å². The van der Waals surface area contributed by atoms with Crippen LogP contribution in [0.3, 0.4) is 0 Å². The Morgan fingerprint density at radius 3 is 2.00 bits per heavy atom. The first-order chi connectivity index (χ1) is 10.7. The van der Waals surface area contributed by atoms with E-state index < -0.39 is 18.1 Å². The van der Waals surface area contributed by atoms with Crippen LogP contribution < -0.4 is 5.73 Å². The molecular weight excluding hydrogens is 278 g/mol. The minimum atomic E-state index is -0.799. The van der Waals surface area contributed by atoms with Gasteiger partial charge in [-0.3, -0.25) is 4.79 Å². The van der Waals surface area contributed by atoms with Crippen molar-refractivity contribution in [1.29, 1.82) is 0 Å². The van der Waals surface area contributed by atoms with Crippen LogP contribution in [0.1, 0.15) is 18.1 Å². The van der Waals surface area contributed by atoms with E-state index >= 15 is 0 Å². The van der Waals surface area contributed by atoms with Gasteiger partial charge in [-0.2, -0.15) is 0 Å². The Kier molecular flexibility index (Phi) is 6.13. The van der Waals surface area contributed by atoms with Crippen molar-refractivity contribution in [3.63, 3.8) is 0 Å². The van der Waals surface area contributed by atoms with E-state index in [1.54, 1.807) is 6.92 Å².